The average Bonchev–Trinajstić information content (AvgIpc) is 2.61. The molecular formula is C17H17N2O5-. The van der Waals surface area contributed by atoms with Gasteiger partial charge in [-0.2, -0.15) is 5.10 Å². The van der Waals surface area contributed by atoms with Crippen LogP contribution in [-0.4, -0.2) is 33.5 Å². The molecular weight excluding hydrogens is 312 g/mol. The number of anilines is 1. The molecule has 0 fully saturated rings. The smallest absolute Gasteiger partial charge is 0.203 e. The van der Waals surface area contributed by atoms with Crippen LogP contribution < -0.4 is 24.7 Å². The van der Waals surface area contributed by atoms with Gasteiger partial charge in [-0.1, -0.05) is 12.1 Å². The number of carboxylic acids is 1. The van der Waals surface area contributed by atoms with Gasteiger partial charge in [0.1, 0.15) is 0 Å². The predicted molar refractivity (Wildman–Crippen MR) is 88.1 cm³/mol. The summed E-state index contributed by atoms with van der Waals surface area (Å²) in [5, 5.41) is 14.9. The zero-order valence-corrected chi connectivity index (χ0v) is 13.5. The molecule has 0 aliphatic rings. The van der Waals surface area contributed by atoms with Crippen molar-refractivity contribution in [1.29, 1.82) is 0 Å². The summed E-state index contributed by atoms with van der Waals surface area (Å²) in [5.41, 5.74) is 4.01. The summed E-state index contributed by atoms with van der Waals surface area (Å²) in [6, 6.07) is 9.66. The number of carboxylic acid groups (broad SMARTS) is 1. The summed E-state index contributed by atoms with van der Waals surface area (Å²) in [6.07, 6.45) is 1.53. The molecule has 126 valence electrons. The molecule has 0 aliphatic carbocycles. The molecule has 0 unspecified atom stereocenters. The van der Waals surface area contributed by atoms with Gasteiger partial charge >= 0.3 is 0 Å². The SMILES string of the molecule is COc1ccc(/C=N\Nc2cccc(C(=O)[O-])c2)c(OC)c1OC. The van der Waals surface area contributed by atoms with Crippen molar-refractivity contribution < 1.29 is 24.1 Å². The third-order valence-electron chi connectivity index (χ3n) is 3.23. The Morgan fingerprint density at radius 1 is 1.08 bits per heavy atom. The van der Waals surface area contributed by atoms with Crippen molar-refractivity contribution >= 4 is 17.9 Å². The molecule has 0 amide bonds. The number of benzene rings is 2. The molecule has 24 heavy (non-hydrogen) atoms. The molecule has 0 bridgehead atoms. The number of rotatable bonds is 7. The van der Waals surface area contributed by atoms with Crippen LogP contribution in [0.25, 0.3) is 0 Å². The van der Waals surface area contributed by atoms with Crippen LogP contribution in [0, 0.1) is 0 Å². The Balaban J connectivity index is 2.23. The first-order chi connectivity index (χ1) is 11.6. The molecule has 0 saturated heterocycles. The molecule has 0 radical (unpaired) electrons. The second-order valence-electron chi connectivity index (χ2n) is 4.66. The maximum atomic E-state index is 10.8. The monoisotopic (exact) mass is 329 g/mol. The Morgan fingerprint density at radius 3 is 2.46 bits per heavy atom. The fourth-order valence-corrected chi connectivity index (χ4v) is 2.12. The van der Waals surface area contributed by atoms with Gasteiger partial charge in [0.25, 0.3) is 0 Å². The number of carbonyl (C=O) groups is 1. The van der Waals surface area contributed by atoms with Crippen molar-refractivity contribution in [2.24, 2.45) is 5.10 Å². The Hall–Kier alpha value is -3.22. The maximum absolute atomic E-state index is 10.8. The number of nitrogens with one attached hydrogen (secondary N) is 1. The van der Waals surface area contributed by atoms with Crippen molar-refractivity contribution in [3.05, 3.63) is 47.5 Å². The molecule has 0 heterocycles. The molecule has 0 saturated carbocycles. The summed E-state index contributed by atoms with van der Waals surface area (Å²) in [7, 11) is 4.58. The lowest BCUT2D eigenvalue weighted by Gasteiger charge is -2.13. The van der Waals surface area contributed by atoms with E-state index >= 15 is 0 Å². The molecule has 0 aromatic heterocycles. The van der Waals surface area contributed by atoms with Crippen LogP contribution in [0.3, 0.4) is 0 Å². The van der Waals surface area contributed by atoms with Crippen LogP contribution in [0.5, 0.6) is 17.2 Å². The van der Waals surface area contributed by atoms with Crippen molar-refractivity contribution in [3.63, 3.8) is 0 Å². The van der Waals surface area contributed by atoms with Crippen molar-refractivity contribution in [1.82, 2.24) is 0 Å². The molecule has 0 aliphatic heterocycles. The van der Waals surface area contributed by atoms with Gasteiger partial charge in [-0.15, -0.1) is 0 Å². The lowest BCUT2D eigenvalue weighted by molar-refractivity contribution is -0.255. The van der Waals surface area contributed by atoms with Crippen LogP contribution >= 0.6 is 0 Å². The lowest BCUT2D eigenvalue weighted by atomic mass is 10.2. The highest BCUT2D eigenvalue weighted by Crippen LogP contribution is 2.38. The molecule has 0 atom stereocenters. The molecule has 0 spiro atoms. The minimum absolute atomic E-state index is 0.0684. The fraction of sp³-hybridized carbons (Fsp3) is 0.176. The molecule has 2 aromatic rings. The van der Waals surface area contributed by atoms with E-state index in [1.807, 2.05) is 0 Å². The minimum atomic E-state index is -1.25. The minimum Gasteiger partial charge on any atom is -0.545 e. The van der Waals surface area contributed by atoms with Crippen LogP contribution in [-0.2, 0) is 0 Å². The van der Waals surface area contributed by atoms with Crippen LogP contribution in [0.1, 0.15) is 15.9 Å². The highest BCUT2D eigenvalue weighted by Gasteiger charge is 2.14. The third-order valence-corrected chi connectivity index (χ3v) is 3.23. The predicted octanol–water partition coefficient (Wildman–Crippen LogP) is 1.52. The van der Waals surface area contributed by atoms with Crippen LogP contribution in [0.4, 0.5) is 5.69 Å². The zero-order chi connectivity index (χ0) is 17.5. The summed E-state index contributed by atoms with van der Waals surface area (Å²) < 4.78 is 15.9. The highest BCUT2D eigenvalue weighted by atomic mass is 16.5. The quantitative estimate of drug-likeness (QED) is 0.612. The Labute approximate surface area is 139 Å². The van der Waals surface area contributed by atoms with E-state index in [2.05, 4.69) is 10.5 Å². The first-order valence-electron chi connectivity index (χ1n) is 7.00. The summed E-state index contributed by atoms with van der Waals surface area (Å²) in [6.45, 7) is 0. The number of methoxy groups -OCH3 is 3. The number of aromatic carboxylic acids is 1. The van der Waals surface area contributed by atoms with Gasteiger partial charge in [0.05, 0.1) is 39.2 Å². The van der Waals surface area contributed by atoms with Crippen LogP contribution in [0.15, 0.2) is 41.5 Å². The Morgan fingerprint density at radius 2 is 1.83 bits per heavy atom. The molecule has 7 nitrogen and oxygen atoms in total. The second kappa shape index (κ2) is 7.87. The van der Waals surface area contributed by atoms with E-state index in [0.29, 0.717) is 28.5 Å². The first-order valence-corrected chi connectivity index (χ1v) is 7.00. The van der Waals surface area contributed by atoms with Gasteiger partial charge in [-0.3, -0.25) is 5.43 Å². The summed E-state index contributed by atoms with van der Waals surface area (Å²) >= 11 is 0. The normalized spacial score (nSPS) is 10.5. The fourth-order valence-electron chi connectivity index (χ4n) is 2.12. The van der Waals surface area contributed by atoms with Gasteiger partial charge in [-0.05, 0) is 29.8 Å². The van der Waals surface area contributed by atoms with Crippen LogP contribution in [0.2, 0.25) is 0 Å². The largest absolute Gasteiger partial charge is 0.545 e. The van der Waals surface area contributed by atoms with Crippen molar-refractivity contribution in [3.8, 4) is 17.2 Å². The van der Waals surface area contributed by atoms with E-state index < -0.39 is 5.97 Å². The molecule has 1 N–H and O–H groups in total. The zero-order valence-electron chi connectivity index (χ0n) is 13.5. The number of hydrazone groups is 1. The van der Waals surface area contributed by atoms with Gasteiger partial charge in [-0.25, -0.2) is 0 Å². The van der Waals surface area contributed by atoms with Gasteiger partial charge in [0, 0.05) is 5.56 Å². The highest BCUT2D eigenvalue weighted by molar-refractivity contribution is 5.88. The Kier molecular flexibility index (Phi) is 5.62. The van der Waals surface area contributed by atoms with Gasteiger partial charge in [0.2, 0.25) is 5.75 Å². The van der Waals surface area contributed by atoms with E-state index in [0.717, 1.165) is 0 Å². The first kappa shape index (κ1) is 17.1. The van der Waals surface area contributed by atoms with Gasteiger partial charge < -0.3 is 24.1 Å². The third kappa shape index (κ3) is 3.75. The summed E-state index contributed by atoms with van der Waals surface area (Å²) in [5.74, 6) is 0.235. The number of hydrogen-bond donors (Lipinski definition) is 1. The number of hydrogen-bond acceptors (Lipinski definition) is 7. The van der Waals surface area contributed by atoms with Crippen molar-refractivity contribution in [2.45, 2.75) is 0 Å². The standard InChI is InChI=1S/C17H18N2O5/c1-22-14-8-7-12(15(23-2)16(14)24-3)10-18-19-13-6-4-5-11(9-13)17(20)21/h4-10,19H,1-3H3,(H,20,21)/p-1/b18-10-. The lowest BCUT2D eigenvalue weighted by Crippen LogP contribution is -2.22. The number of nitrogens with zero attached hydrogens (tertiary/aromatic N) is 1. The number of carbonyl (C=O) groups excluding carboxylic acids is 1. The number of ether oxygens (including phenoxy) is 3. The average molecular weight is 329 g/mol. The molecule has 2 rings (SSSR count). The van der Waals surface area contributed by atoms with E-state index in [-0.39, 0.29) is 5.56 Å². The van der Waals surface area contributed by atoms with E-state index in [1.54, 1.807) is 24.3 Å². The van der Waals surface area contributed by atoms with E-state index in [4.69, 9.17) is 14.2 Å². The topological polar surface area (TPSA) is 92.2 Å². The Bertz CT molecular complexity index is 759. The second-order valence-corrected chi connectivity index (χ2v) is 4.66. The summed E-state index contributed by atoms with van der Waals surface area (Å²) in [4.78, 5) is 10.8. The maximum Gasteiger partial charge on any atom is 0.203 e. The van der Waals surface area contributed by atoms with E-state index in [9.17, 15) is 9.90 Å². The van der Waals surface area contributed by atoms with E-state index in [1.165, 1.54) is 39.7 Å². The molecule has 7 heteroatoms. The van der Waals surface area contributed by atoms with Crippen molar-refractivity contribution in [2.75, 3.05) is 26.8 Å². The van der Waals surface area contributed by atoms with Gasteiger partial charge in [0.15, 0.2) is 11.5 Å². The molecule has 2 aromatic carbocycles.